The molecule has 2 aromatic rings. The van der Waals surface area contributed by atoms with Gasteiger partial charge in [-0.05, 0) is 24.5 Å². The predicted octanol–water partition coefficient (Wildman–Crippen LogP) is 4.24. The van der Waals surface area contributed by atoms with Gasteiger partial charge in [-0.25, -0.2) is 4.98 Å². The van der Waals surface area contributed by atoms with Gasteiger partial charge in [0.15, 0.2) is 0 Å². The van der Waals surface area contributed by atoms with Crippen molar-refractivity contribution in [2.75, 3.05) is 0 Å². The summed E-state index contributed by atoms with van der Waals surface area (Å²) in [5.74, 6) is 1.43. The first kappa shape index (κ1) is 12.1. The Labute approximate surface area is 106 Å². The third-order valence-corrected chi connectivity index (χ3v) is 3.63. The quantitative estimate of drug-likeness (QED) is 0.788. The molecular weight excluding hydrogens is 230 g/mol. The van der Waals surface area contributed by atoms with Gasteiger partial charge >= 0.3 is 0 Å². The first-order valence-electron chi connectivity index (χ1n) is 5.91. The van der Waals surface area contributed by atoms with E-state index in [0.29, 0.717) is 12.5 Å². The smallest absolute Gasteiger partial charge is 0.140 e. The van der Waals surface area contributed by atoms with Crippen molar-refractivity contribution in [3.05, 3.63) is 46.4 Å². The molecule has 0 spiro atoms. The molecule has 90 valence electrons. The Hall–Kier alpha value is -1.35. The van der Waals surface area contributed by atoms with Crippen molar-refractivity contribution in [3.8, 4) is 5.75 Å². The number of thiazole rings is 1. The maximum Gasteiger partial charge on any atom is 0.140 e. The average Bonchev–Trinajstić information content (AvgIpc) is 2.85. The van der Waals surface area contributed by atoms with Gasteiger partial charge in [-0.3, -0.25) is 0 Å². The van der Waals surface area contributed by atoms with Gasteiger partial charge in [0.05, 0.1) is 5.69 Å². The molecule has 0 radical (unpaired) electrons. The lowest BCUT2D eigenvalue weighted by molar-refractivity contribution is 0.305. The summed E-state index contributed by atoms with van der Waals surface area (Å²) in [4.78, 5) is 4.59. The van der Waals surface area contributed by atoms with Crippen LogP contribution in [0.3, 0.4) is 0 Å². The van der Waals surface area contributed by atoms with Crippen LogP contribution in [0.2, 0.25) is 0 Å². The van der Waals surface area contributed by atoms with Crippen LogP contribution in [0.4, 0.5) is 0 Å². The van der Waals surface area contributed by atoms with Crippen molar-refractivity contribution in [1.29, 1.82) is 0 Å². The van der Waals surface area contributed by atoms with Gasteiger partial charge in [-0.2, -0.15) is 0 Å². The van der Waals surface area contributed by atoms with Crippen LogP contribution in [0, 0.1) is 0 Å². The lowest BCUT2D eigenvalue weighted by Crippen LogP contribution is -1.96. The second-order valence-electron chi connectivity index (χ2n) is 4.08. The van der Waals surface area contributed by atoms with Gasteiger partial charge in [0, 0.05) is 5.38 Å². The molecule has 0 saturated carbocycles. The van der Waals surface area contributed by atoms with Crippen LogP contribution in [-0.2, 0) is 6.61 Å². The Bertz CT molecular complexity index is 452. The summed E-state index contributed by atoms with van der Waals surface area (Å²) < 4.78 is 5.67. The van der Waals surface area contributed by atoms with Gasteiger partial charge < -0.3 is 4.74 Å². The maximum atomic E-state index is 5.67. The van der Waals surface area contributed by atoms with Crippen molar-refractivity contribution < 1.29 is 4.74 Å². The topological polar surface area (TPSA) is 22.1 Å². The SMILES string of the molecule is CCC(C)c1csc(COc2ccccc2)n1. The zero-order valence-corrected chi connectivity index (χ0v) is 11.0. The standard InChI is InChI=1S/C14H17NOS/c1-3-11(2)13-10-17-14(15-13)9-16-12-7-5-4-6-8-12/h4-8,10-11H,3,9H2,1-2H3. The normalized spacial score (nSPS) is 12.4. The van der Waals surface area contributed by atoms with Gasteiger partial charge in [-0.1, -0.05) is 32.0 Å². The minimum absolute atomic E-state index is 0.539. The highest BCUT2D eigenvalue weighted by Crippen LogP contribution is 2.22. The first-order valence-corrected chi connectivity index (χ1v) is 6.79. The summed E-state index contributed by atoms with van der Waals surface area (Å²) in [5, 5.41) is 3.18. The zero-order chi connectivity index (χ0) is 12.1. The predicted molar refractivity (Wildman–Crippen MR) is 71.6 cm³/mol. The fourth-order valence-corrected chi connectivity index (χ4v) is 2.32. The Morgan fingerprint density at radius 3 is 2.76 bits per heavy atom. The molecule has 1 unspecified atom stereocenters. The lowest BCUT2D eigenvalue weighted by atomic mass is 10.1. The van der Waals surface area contributed by atoms with Gasteiger partial charge in [0.2, 0.25) is 0 Å². The number of benzene rings is 1. The molecule has 0 aliphatic heterocycles. The second-order valence-corrected chi connectivity index (χ2v) is 5.02. The van der Waals surface area contributed by atoms with Crippen molar-refractivity contribution in [1.82, 2.24) is 4.98 Å². The first-order chi connectivity index (χ1) is 8.29. The van der Waals surface area contributed by atoms with Crippen LogP contribution < -0.4 is 4.74 Å². The molecule has 1 aromatic carbocycles. The van der Waals surface area contributed by atoms with Crippen LogP contribution in [0.5, 0.6) is 5.75 Å². The van der Waals surface area contributed by atoms with Crippen molar-refractivity contribution in [2.45, 2.75) is 32.8 Å². The third kappa shape index (κ3) is 3.30. The minimum Gasteiger partial charge on any atom is -0.486 e. The number of aromatic nitrogens is 1. The monoisotopic (exact) mass is 247 g/mol. The summed E-state index contributed by atoms with van der Waals surface area (Å²) in [6.45, 7) is 4.95. The molecule has 0 N–H and O–H groups in total. The van der Waals surface area contributed by atoms with Crippen LogP contribution in [0.1, 0.15) is 36.9 Å². The molecule has 1 aromatic heterocycles. The average molecular weight is 247 g/mol. The lowest BCUT2D eigenvalue weighted by Gasteiger charge is -2.04. The number of rotatable bonds is 5. The van der Waals surface area contributed by atoms with E-state index in [0.717, 1.165) is 17.2 Å². The summed E-state index contributed by atoms with van der Waals surface area (Å²) in [6.07, 6.45) is 1.13. The van der Waals surface area contributed by atoms with Gasteiger partial charge in [0.1, 0.15) is 17.4 Å². The van der Waals surface area contributed by atoms with Crippen LogP contribution in [-0.4, -0.2) is 4.98 Å². The molecule has 0 amide bonds. The van der Waals surface area contributed by atoms with E-state index in [9.17, 15) is 0 Å². The molecule has 1 heterocycles. The molecule has 0 fully saturated rings. The summed E-state index contributed by atoms with van der Waals surface area (Å²) in [5.41, 5.74) is 1.18. The molecule has 0 aliphatic carbocycles. The summed E-state index contributed by atoms with van der Waals surface area (Å²) in [6, 6.07) is 9.85. The number of hydrogen-bond donors (Lipinski definition) is 0. The zero-order valence-electron chi connectivity index (χ0n) is 10.2. The Balaban J connectivity index is 1.94. The number of ether oxygens (including phenoxy) is 1. The number of nitrogens with zero attached hydrogens (tertiary/aromatic N) is 1. The van der Waals surface area contributed by atoms with E-state index in [1.54, 1.807) is 11.3 Å². The fourth-order valence-electron chi connectivity index (χ4n) is 1.49. The van der Waals surface area contributed by atoms with E-state index in [1.165, 1.54) is 5.69 Å². The van der Waals surface area contributed by atoms with E-state index in [1.807, 2.05) is 30.3 Å². The van der Waals surface area contributed by atoms with Crippen molar-refractivity contribution in [3.63, 3.8) is 0 Å². The maximum absolute atomic E-state index is 5.67. The minimum atomic E-state index is 0.539. The molecule has 1 atom stereocenters. The molecular formula is C14H17NOS. The van der Waals surface area contributed by atoms with Crippen molar-refractivity contribution >= 4 is 11.3 Å². The largest absolute Gasteiger partial charge is 0.486 e. The molecule has 2 nitrogen and oxygen atoms in total. The van der Waals surface area contributed by atoms with E-state index in [2.05, 4.69) is 24.2 Å². The Morgan fingerprint density at radius 1 is 1.29 bits per heavy atom. The van der Waals surface area contributed by atoms with Gasteiger partial charge in [0.25, 0.3) is 0 Å². The van der Waals surface area contributed by atoms with Crippen LogP contribution in [0.25, 0.3) is 0 Å². The summed E-state index contributed by atoms with van der Waals surface area (Å²) in [7, 11) is 0. The highest BCUT2D eigenvalue weighted by Gasteiger charge is 2.08. The van der Waals surface area contributed by atoms with Gasteiger partial charge in [-0.15, -0.1) is 11.3 Å². The molecule has 2 rings (SSSR count). The van der Waals surface area contributed by atoms with Crippen molar-refractivity contribution in [2.24, 2.45) is 0 Å². The van der Waals surface area contributed by atoms with Crippen LogP contribution >= 0.6 is 11.3 Å². The van der Waals surface area contributed by atoms with E-state index in [-0.39, 0.29) is 0 Å². The molecule has 0 aliphatic rings. The number of para-hydroxylation sites is 1. The highest BCUT2D eigenvalue weighted by molar-refractivity contribution is 7.09. The van der Waals surface area contributed by atoms with Crippen LogP contribution in [0.15, 0.2) is 35.7 Å². The second kappa shape index (κ2) is 5.82. The summed E-state index contributed by atoms with van der Waals surface area (Å²) >= 11 is 1.68. The van der Waals surface area contributed by atoms with E-state index in [4.69, 9.17) is 4.74 Å². The molecule has 0 saturated heterocycles. The van der Waals surface area contributed by atoms with E-state index >= 15 is 0 Å². The van der Waals surface area contributed by atoms with E-state index < -0.39 is 0 Å². The fraction of sp³-hybridized carbons (Fsp3) is 0.357. The highest BCUT2D eigenvalue weighted by atomic mass is 32.1. The molecule has 17 heavy (non-hydrogen) atoms. The number of hydrogen-bond acceptors (Lipinski definition) is 3. The Kier molecular flexibility index (Phi) is 4.15. The molecule has 0 bridgehead atoms. The third-order valence-electron chi connectivity index (χ3n) is 2.79. The molecule has 3 heteroatoms. The Morgan fingerprint density at radius 2 is 2.06 bits per heavy atom.